The van der Waals surface area contributed by atoms with Crippen LogP contribution in [0, 0.1) is 0 Å². The SMILES string of the molecule is OCc1ccc(Sc2nnnn2-c2ccccc2)cc1Cl. The molecule has 0 bridgehead atoms. The van der Waals surface area contributed by atoms with Crippen molar-refractivity contribution in [2.75, 3.05) is 0 Å². The second kappa shape index (κ2) is 6.26. The van der Waals surface area contributed by atoms with E-state index in [1.165, 1.54) is 11.8 Å². The predicted molar refractivity (Wildman–Crippen MR) is 80.7 cm³/mol. The molecule has 7 heteroatoms. The molecule has 106 valence electrons. The molecule has 0 aliphatic carbocycles. The normalized spacial score (nSPS) is 10.8. The molecule has 0 saturated carbocycles. The third kappa shape index (κ3) is 3.07. The number of aliphatic hydroxyl groups excluding tert-OH is 1. The monoisotopic (exact) mass is 318 g/mol. The van der Waals surface area contributed by atoms with Gasteiger partial charge in [-0.15, -0.1) is 5.10 Å². The van der Waals surface area contributed by atoms with Crippen LogP contribution in [0.2, 0.25) is 5.02 Å². The Morgan fingerprint density at radius 2 is 1.95 bits per heavy atom. The van der Waals surface area contributed by atoms with E-state index in [1.807, 2.05) is 36.4 Å². The average Bonchev–Trinajstić information content (AvgIpc) is 2.96. The van der Waals surface area contributed by atoms with Crippen LogP contribution < -0.4 is 0 Å². The Kier molecular flexibility index (Phi) is 4.19. The molecular weight excluding hydrogens is 308 g/mol. The van der Waals surface area contributed by atoms with Gasteiger partial charge in [-0.3, -0.25) is 0 Å². The minimum Gasteiger partial charge on any atom is -0.392 e. The van der Waals surface area contributed by atoms with Crippen LogP contribution in [-0.4, -0.2) is 25.3 Å². The molecule has 0 atom stereocenters. The first-order valence-corrected chi connectivity index (χ1v) is 7.38. The molecule has 1 heterocycles. The lowest BCUT2D eigenvalue weighted by atomic mass is 10.2. The summed E-state index contributed by atoms with van der Waals surface area (Å²) in [5.74, 6) is 0. The minimum atomic E-state index is -0.0778. The predicted octanol–water partition coefficient (Wildman–Crippen LogP) is 2.96. The fourth-order valence-electron chi connectivity index (χ4n) is 1.80. The number of para-hydroxylation sites is 1. The molecule has 1 aromatic heterocycles. The number of nitrogens with zero attached hydrogens (tertiary/aromatic N) is 4. The zero-order valence-electron chi connectivity index (χ0n) is 10.8. The molecule has 3 rings (SSSR count). The van der Waals surface area contributed by atoms with E-state index in [1.54, 1.807) is 16.8 Å². The molecule has 0 saturated heterocycles. The van der Waals surface area contributed by atoms with E-state index in [-0.39, 0.29) is 6.61 Å². The first kappa shape index (κ1) is 14.1. The molecule has 21 heavy (non-hydrogen) atoms. The van der Waals surface area contributed by atoms with Crippen LogP contribution in [0.25, 0.3) is 5.69 Å². The third-order valence-electron chi connectivity index (χ3n) is 2.85. The number of hydrogen-bond donors (Lipinski definition) is 1. The lowest BCUT2D eigenvalue weighted by Crippen LogP contribution is -1.98. The second-order valence-electron chi connectivity index (χ2n) is 4.22. The molecule has 0 radical (unpaired) electrons. The van der Waals surface area contributed by atoms with Gasteiger partial charge in [0.2, 0.25) is 5.16 Å². The first-order valence-electron chi connectivity index (χ1n) is 6.19. The summed E-state index contributed by atoms with van der Waals surface area (Å²) < 4.78 is 1.67. The van der Waals surface area contributed by atoms with Crippen LogP contribution >= 0.6 is 23.4 Å². The molecule has 0 amide bonds. The van der Waals surface area contributed by atoms with E-state index in [4.69, 9.17) is 16.7 Å². The van der Waals surface area contributed by atoms with Crippen LogP contribution in [0.3, 0.4) is 0 Å². The van der Waals surface area contributed by atoms with Crippen molar-refractivity contribution in [1.29, 1.82) is 0 Å². The van der Waals surface area contributed by atoms with Crippen molar-refractivity contribution in [2.45, 2.75) is 16.7 Å². The van der Waals surface area contributed by atoms with Crippen LogP contribution in [0.4, 0.5) is 0 Å². The molecular formula is C14H11ClN4OS. The zero-order chi connectivity index (χ0) is 14.7. The maximum absolute atomic E-state index is 9.13. The zero-order valence-corrected chi connectivity index (χ0v) is 12.4. The van der Waals surface area contributed by atoms with Crippen molar-refractivity contribution in [3.8, 4) is 5.69 Å². The van der Waals surface area contributed by atoms with E-state index >= 15 is 0 Å². The fourth-order valence-corrected chi connectivity index (χ4v) is 2.93. The Morgan fingerprint density at radius 1 is 1.14 bits per heavy atom. The van der Waals surface area contributed by atoms with Gasteiger partial charge in [-0.05, 0) is 52.0 Å². The summed E-state index contributed by atoms with van der Waals surface area (Å²) in [5.41, 5.74) is 1.59. The van der Waals surface area contributed by atoms with Gasteiger partial charge in [0.05, 0.1) is 12.3 Å². The van der Waals surface area contributed by atoms with E-state index in [2.05, 4.69) is 15.5 Å². The van der Waals surface area contributed by atoms with Gasteiger partial charge in [0.15, 0.2) is 0 Å². The molecule has 3 aromatic rings. The highest BCUT2D eigenvalue weighted by Crippen LogP contribution is 2.30. The van der Waals surface area contributed by atoms with Crippen LogP contribution in [-0.2, 0) is 6.61 Å². The number of rotatable bonds is 4. The van der Waals surface area contributed by atoms with E-state index in [0.29, 0.717) is 15.7 Å². The number of aromatic nitrogens is 4. The van der Waals surface area contributed by atoms with Gasteiger partial charge < -0.3 is 5.11 Å². The van der Waals surface area contributed by atoms with Gasteiger partial charge in [0.25, 0.3) is 0 Å². The first-order chi connectivity index (χ1) is 10.3. The fraction of sp³-hybridized carbons (Fsp3) is 0.0714. The number of aliphatic hydroxyl groups is 1. The Labute approximate surface area is 130 Å². The standard InChI is InChI=1S/C14H11ClN4OS/c15-13-8-12(7-6-10(13)9-20)21-14-16-17-18-19(14)11-4-2-1-3-5-11/h1-8,20H,9H2. The number of halogens is 1. The Bertz CT molecular complexity index is 748. The number of hydrogen-bond acceptors (Lipinski definition) is 5. The molecule has 0 aliphatic heterocycles. The third-order valence-corrected chi connectivity index (χ3v) is 4.12. The highest BCUT2D eigenvalue weighted by atomic mass is 35.5. The van der Waals surface area contributed by atoms with Crippen molar-refractivity contribution >= 4 is 23.4 Å². The Balaban J connectivity index is 1.90. The highest BCUT2D eigenvalue weighted by molar-refractivity contribution is 7.99. The summed E-state index contributed by atoms with van der Waals surface area (Å²) in [7, 11) is 0. The quantitative estimate of drug-likeness (QED) is 0.801. The maximum Gasteiger partial charge on any atom is 0.218 e. The van der Waals surface area contributed by atoms with E-state index in [9.17, 15) is 0 Å². The summed E-state index contributed by atoms with van der Waals surface area (Å²) in [5, 5.41) is 22.1. The average molecular weight is 319 g/mol. The maximum atomic E-state index is 9.13. The number of tetrazole rings is 1. The summed E-state index contributed by atoms with van der Waals surface area (Å²) in [6, 6.07) is 15.1. The topological polar surface area (TPSA) is 63.8 Å². The molecule has 0 spiro atoms. The van der Waals surface area contributed by atoms with Crippen molar-refractivity contribution < 1.29 is 5.11 Å². The van der Waals surface area contributed by atoms with Gasteiger partial charge in [-0.2, -0.15) is 4.68 Å². The largest absolute Gasteiger partial charge is 0.392 e. The summed E-state index contributed by atoms with van der Waals surface area (Å²) in [6.45, 7) is -0.0778. The van der Waals surface area contributed by atoms with Gasteiger partial charge in [0.1, 0.15) is 0 Å². The molecule has 0 unspecified atom stereocenters. The second-order valence-corrected chi connectivity index (χ2v) is 5.67. The molecule has 0 aliphatic rings. The van der Waals surface area contributed by atoms with Crippen molar-refractivity contribution in [1.82, 2.24) is 20.2 Å². The summed E-state index contributed by atoms with van der Waals surface area (Å²) >= 11 is 7.50. The minimum absolute atomic E-state index is 0.0778. The molecule has 2 aromatic carbocycles. The lowest BCUT2D eigenvalue weighted by molar-refractivity contribution is 0.282. The number of benzene rings is 2. The van der Waals surface area contributed by atoms with E-state index in [0.717, 1.165) is 10.6 Å². The molecule has 5 nitrogen and oxygen atoms in total. The van der Waals surface area contributed by atoms with Gasteiger partial charge in [-0.1, -0.05) is 35.9 Å². The Morgan fingerprint density at radius 3 is 2.67 bits per heavy atom. The van der Waals surface area contributed by atoms with Gasteiger partial charge in [0, 0.05) is 9.92 Å². The smallest absolute Gasteiger partial charge is 0.218 e. The van der Waals surface area contributed by atoms with Crippen molar-refractivity contribution in [3.63, 3.8) is 0 Å². The van der Waals surface area contributed by atoms with Crippen LogP contribution in [0.1, 0.15) is 5.56 Å². The highest BCUT2D eigenvalue weighted by Gasteiger charge is 2.11. The van der Waals surface area contributed by atoms with Crippen LogP contribution in [0.15, 0.2) is 58.6 Å². The summed E-state index contributed by atoms with van der Waals surface area (Å²) in [4.78, 5) is 0.907. The molecule has 1 N–H and O–H groups in total. The van der Waals surface area contributed by atoms with Crippen molar-refractivity contribution in [3.05, 3.63) is 59.1 Å². The summed E-state index contributed by atoms with van der Waals surface area (Å²) in [6.07, 6.45) is 0. The molecule has 0 fully saturated rings. The van der Waals surface area contributed by atoms with Crippen molar-refractivity contribution in [2.24, 2.45) is 0 Å². The Hall–Kier alpha value is -1.89. The van der Waals surface area contributed by atoms with Gasteiger partial charge in [-0.25, -0.2) is 0 Å². The lowest BCUT2D eigenvalue weighted by Gasteiger charge is -2.05. The van der Waals surface area contributed by atoms with Crippen LogP contribution in [0.5, 0.6) is 0 Å². The van der Waals surface area contributed by atoms with Gasteiger partial charge >= 0.3 is 0 Å². The van der Waals surface area contributed by atoms with E-state index < -0.39 is 0 Å².